The van der Waals surface area contributed by atoms with Gasteiger partial charge in [-0.3, -0.25) is 14.4 Å². The van der Waals surface area contributed by atoms with Crippen molar-refractivity contribution >= 4 is 17.9 Å². The van der Waals surface area contributed by atoms with Gasteiger partial charge in [0.25, 0.3) is 0 Å². The van der Waals surface area contributed by atoms with Crippen LogP contribution >= 0.6 is 0 Å². The van der Waals surface area contributed by atoms with Crippen LogP contribution in [0.4, 0.5) is 0 Å². The van der Waals surface area contributed by atoms with Crippen molar-refractivity contribution in [1.29, 1.82) is 0 Å². The van der Waals surface area contributed by atoms with Crippen molar-refractivity contribution in [1.82, 2.24) is 0 Å². The van der Waals surface area contributed by atoms with E-state index in [9.17, 15) is 14.4 Å². The molecule has 0 heterocycles. The Labute approximate surface area is 440 Å². The lowest BCUT2D eigenvalue weighted by molar-refractivity contribution is -0.167. The number of esters is 3. The van der Waals surface area contributed by atoms with E-state index < -0.39 is 6.10 Å². The molecule has 0 aliphatic rings. The average molecular weight is 994 g/mol. The van der Waals surface area contributed by atoms with Gasteiger partial charge in [-0.15, -0.1) is 0 Å². The molecule has 0 fully saturated rings. The second-order valence-electron chi connectivity index (χ2n) is 20.6. The zero-order chi connectivity index (χ0) is 51.4. The lowest BCUT2D eigenvalue weighted by Crippen LogP contribution is -2.30. The fourth-order valence-corrected chi connectivity index (χ4v) is 8.94. The third kappa shape index (κ3) is 57.9. The van der Waals surface area contributed by atoms with Gasteiger partial charge in [0.15, 0.2) is 6.10 Å². The van der Waals surface area contributed by atoms with Gasteiger partial charge in [-0.1, -0.05) is 293 Å². The van der Waals surface area contributed by atoms with E-state index in [0.29, 0.717) is 19.3 Å². The quantitative estimate of drug-likeness (QED) is 0.0261. The van der Waals surface area contributed by atoms with Crippen LogP contribution in [0.5, 0.6) is 0 Å². The predicted octanol–water partition coefficient (Wildman–Crippen LogP) is 20.8. The smallest absolute Gasteiger partial charge is 0.306 e. The van der Waals surface area contributed by atoms with Crippen LogP contribution < -0.4 is 0 Å². The van der Waals surface area contributed by atoms with E-state index in [2.05, 4.69) is 81.5 Å². The lowest BCUT2D eigenvalue weighted by atomic mass is 10.0. The van der Waals surface area contributed by atoms with E-state index in [1.54, 1.807) is 0 Å². The van der Waals surface area contributed by atoms with Gasteiger partial charge < -0.3 is 14.2 Å². The number of unbranched alkanes of at least 4 members (excludes halogenated alkanes) is 35. The molecule has 0 saturated heterocycles. The topological polar surface area (TPSA) is 78.9 Å². The molecule has 0 N–H and O–H groups in total. The Balaban J connectivity index is 4.39. The first-order valence-corrected chi connectivity index (χ1v) is 30.8. The van der Waals surface area contributed by atoms with Gasteiger partial charge in [-0.2, -0.15) is 0 Å². The third-order valence-electron chi connectivity index (χ3n) is 13.5. The Hall–Kier alpha value is -2.89. The minimum absolute atomic E-state index is 0.0833. The van der Waals surface area contributed by atoms with Gasteiger partial charge in [0.1, 0.15) is 13.2 Å². The van der Waals surface area contributed by atoms with Crippen LogP contribution in [0.15, 0.2) is 60.8 Å². The van der Waals surface area contributed by atoms with Crippen molar-refractivity contribution in [2.24, 2.45) is 0 Å². The molecule has 0 saturated carbocycles. The van der Waals surface area contributed by atoms with Crippen molar-refractivity contribution in [3.8, 4) is 0 Å². The molecule has 0 aromatic rings. The van der Waals surface area contributed by atoms with E-state index in [-0.39, 0.29) is 31.1 Å². The minimum Gasteiger partial charge on any atom is -0.462 e. The van der Waals surface area contributed by atoms with E-state index in [1.165, 1.54) is 180 Å². The molecule has 0 radical (unpaired) electrons. The average Bonchev–Trinajstić information content (AvgIpc) is 3.37. The number of carbonyl (C=O) groups excluding carboxylic acids is 3. The van der Waals surface area contributed by atoms with Gasteiger partial charge in [0.2, 0.25) is 0 Å². The Morgan fingerprint density at radius 3 is 0.859 bits per heavy atom. The van der Waals surface area contributed by atoms with Gasteiger partial charge in [-0.25, -0.2) is 0 Å². The van der Waals surface area contributed by atoms with Crippen molar-refractivity contribution in [3.05, 3.63) is 60.8 Å². The van der Waals surface area contributed by atoms with Crippen LogP contribution in [-0.4, -0.2) is 37.2 Å². The lowest BCUT2D eigenvalue weighted by Gasteiger charge is -2.18. The van der Waals surface area contributed by atoms with Crippen LogP contribution in [0.3, 0.4) is 0 Å². The van der Waals surface area contributed by atoms with Crippen LogP contribution in [0.25, 0.3) is 0 Å². The minimum atomic E-state index is -0.789. The summed E-state index contributed by atoms with van der Waals surface area (Å²) >= 11 is 0. The monoisotopic (exact) mass is 993 g/mol. The first-order valence-electron chi connectivity index (χ1n) is 30.8. The van der Waals surface area contributed by atoms with Crippen LogP contribution in [0.2, 0.25) is 0 Å². The van der Waals surface area contributed by atoms with Gasteiger partial charge in [0, 0.05) is 19.3 Å². The zero-order valence-corrected chi connectivity index (χ0v) is 47.2. The SMILES string of the molecule is CC/C=C\C/C=C\C/C=C\C/C=C\C/C=C\CCCCCC(=O)O[C@@H](COC(=O)CCCCCCCCCCCCCCCCC)COC(=O)CCCCCCCCCCCCCCCCCCCCC. The first kappa shape index (κ1) is 68.1. The third-order valence-corrected chi connectivity index (χ3v) is 13.5. The highest BCUT2D eigenvalue weighted by Crippen LogP contribution is 2.17. The molecular formula is C65H116O6. The number of rotatable bonds is 56. The number of hydrogen-bond acceptors (Lipinski definition) is 6. The molecule has 412 valence electrons. The Morgan fingerprint density at radius 1 is 0.296 bits per heavy atom. The summed E-state index contributed by atoms with van der Waals surface area (Å²) in [6.45, 7) is 6.55. The highest BCUT2D eigenvalue weighted by Gasteiger charge is 2.19. The van der Waals surface area contributed by atoms with Gasteiger partial charge in [0.05, 0.1) is 0 Å². The van der Waals surface area contributed by atoms with Crippen molar-refractivity contribution in [3.63, 3.8) is 0 Å². The molecule has 0 rings (SSSR count). The summed E-state index contributed by atoms with van der Waals surface area (Å²) in [6, 6.07) is 0. The summed E-state index contributed by atoms with van der Waals surface area (Å²) < 4.78 is 16.9. The summed E-state index contributed by atoms with van der Waals surface area (Å²) in [5, 5.41) is 0. The summed E-state index contributed by atoms with van der Waals surface area (Å²) in [6.07, 6.45) is 75.0. The molecular weight excluding hydrogens is 877 g/mol. The summed E-state index contributed by atoms with van der Waals surface area (Å²) in [7, 11) is 0. The largest absolute Gasteiger partial charge is 0.462 e. The maximum Gasteiger partial charge on any atom is 0.306 e. The molecule has 0 aliphatic carbocycles. The molecule has 6 heteroatoms. The maximum absolute atomic E-state index is 12.9. The second kappa shape index (κ2) is 59.7. The number of hydrogen-bond donors (Lipinski definition) is 0. The molecule has 0 unspecified atom stereocenters. The summed E-state index contributed by atoms with van der Waals surface area (Å²) in [4.78, 5) is 38.3. The van der Waals surface area contributed by atoms with E-state index >= 15 is 0 Å². The normalized spacial score (nSPS) is 12.4. The second-order valence-corrected chi connectivity index (χ2v) is 20.6. The van der Waals surface area contributed by atoms with Crippen LogP contribution in [0, 0.1) is 0 Å². The maximum atomic E-state index is 12.9. The zero-order valence-electron chi connectivity index (χ0n) is 47.2. The Bertz CT molecular complexity index is 1280. The first-order chi connectivity index (χ1) is 35.0. The standard InChI is InChI=1S/C65H116O6/c1-4-7-10-13-16-19-22-25-28-30-32-34-37-40-43-46-49-52-55-58-64(67)70-61-62(60-69-63(66)57-54-51-48-45-42-39-36-27-24-21-18-15-12-9-6-3)71-65(68)59-56-53-50-47-44-41-38-35-33-31-29-26-23-20-17-14-11-8-5-2/h8,11,17,20,26,29,33,35,41,44,62H,4-7,9-10,12-16,18-19,21-25,27-28,30-32,34,36-40,42-43,45-61H2,1-3H3/b11-8-,20-17-,29-26-,35-33-,44-41-/t62-/m0/s1. The molecule has 0 aromatic carbocycles. The molecule has 0 amide bonds. The Kier molecular flexibility index (Phi) is 57.2. The molecule has 71 heavy (non-hydrogen) atoms. The number of ether oxygens (including phenoxy) is 3. The molecule has 1 atom stereocenters. The Morgan fingerprint density at radius 2 is 0.549 bits per heavy atom. The van der Waals surface area contributed by atoms with Crippen molar-refractivity contribution in [2.45, 2.75) is 322 Å². The molecule has 0 aromatic heterocycles. The van der Waals surface area contributed by atoms with Crippen molar-refractivity contribution < 1.29 is 28.6 Å². The van der Waals surface area contributed by atoms with E-state index in [4.69, 9.17) is 14.2 Å². The van der Waals surface area contributed by atoms with E-state index in [0.717, 1.165) is 96.3 Å². The van der Waals surface area contributed by atoms with Gasteiger partial charge >= 0.3 is 17.9 Å². The summed E-state index contributed by atoms with van der Waals surface area (Å²) in [5.74, 6) is -0.897. The van der Waals surface area contributed by atoms with Gasteiger partial charge in [-0.05, 0) is 64.2 Å². The highest BCUT2D eigenvalue weighted by molar-refractivity contribution is 5.71. The number of carbonyl (C=O) groups is 3. The van der Waals surface area contributed by atoms with Crippen LogP contribution in [-0.2, 0) is 28.6 Å². The van der Waals surface area contributed by atoms with E-state index in [1.807, 2.05) is 0 Å². The highest BCUT2D eigenvalue weighted by atomic mass is 16.6. The molecule has 6 nitrogen and oxygen atoms in total. The molecule has 0 bridgehead atoms. The fraction of sp³-hybridized carbons (Fsp3) is 0.800. The van der Waals surface area contributed by atoms with Crippen LogP contribution in [0.1, 0.15) is 316 Å². The molecule has 0 aliphatic heterocycles. The predicted molar refractivity (Wildman–Crippen MR) is 307 cm³/mol. The summed E-state index contributed by atoms with van der Waals surface area (Å²) in [5.41, 5.74) is 0. The van der Waals surface area contributed by atoms with Crippen molar-refractivity contribution in [2.75, 3.05) is 13.2 Å². The fourth-order valence-electron chi connectivity index (χ4n) is 8.94. The number of allylic oxidation sites excluding steroid dienone is 10. The molecule has 0 spiro atoms.